The first kappa shape index (κ1) is 15.2. The van der Waals surface area contributed by atoms with Crippen LogP contribution in [0.5, 0.6) is 0 Å². The lowest BCUT2D eigenvalue weighted by Gasteiger charge is -2.46. The summed E-state index contributed by atoms with van der Waals surface area (Å²) >= 11 is 0. The van der Waals surface area contributed by atoms with E-state index in [0.717, 1.165) is 19.5 Å². The zero-order valence-corrected chi connectivity index (χ0v) is 13.8. The Bertz CT molecular complexity index is 469. The lowest BCUT2D eigenvalue weighted by atomic mass is 9.93. The maximum Gasteiger partial charge on any atom is 0.0411 e. The maximum atomic E-state index is 3.69. The predicted octanol–water partition coefficient (Wildman–Crippen LogP) is 3.03. The second-order valence-electron chi connectivity index (χ2n) is 6.64. The topological polar surface area (TPSA) is 18.5 Å². The van der Waals surface area contributed by atoms with Crippen LogP contribution in [-0.2, 0) is 0 Å². The van der Waals surface area contributed by atoms with Gasteiger partial charge in [0.1, 0.15) is 0 Å². The summed E-state index contributed by atoms with van der Waals surface area (Å²) in [5, 5.41) is 3.69. The molecular formula is C17H29N3. The summed E-state index contributed by atoms with van der Waals surface area (Å²) in [6.45, 7) is 11.2. The molecule has 0 aliphatic carbocycles. The normalized spacial score (nSPS) is 26.7. The molecule has 1 aliphatic heterocycles. The highest BCUT2D eigenvalue weighted by atomic mass is 15.3. The first-order valence-corrected chi connectivity index (χ1v) is 7.66. The quantitative estimate of drug-likeness (QED) is 0.915. The van der Waals surface area contributed by atoms with Crippen molar-refractivity contribution in [3.8, 4) is 0 Å². The summed E-state index contributed by atoms with van der Waals surface area (Å²) in [6, 6.07) is 7.36. The molecule has 3 nitrogen and oxygen atoms in total. The van der Waals surface area contributed by atoms with Gasteiger partial charge in [-0.25, -0.2) is 0 Å². The Morgan fingerprint density at radius 2 is 2.10 bits per heavy atom. The van der Waals surface area contributed by atoms with Crippen molar-refractivity contribution in [2.45, 2.75) is 45.7 Å². The van der Waals surface area contributed by atoms with Crippen LogP contribution in [0.3, 0.4) is 0 Å². The number of hydrogen-bond acceptors (Lipinski definition) is 3. The Kier molecular flexibility index (Phi) is 4.28. The van der Waals surface area contributed by atoms with Crippen LogP contribution in [0.2, 0.25) is 0 Å². The highest BCUT2D eigenvalue weighted by molar-refractivity contribution is 5.63. The van der Waals surface area contributed by atoms with Crippen molar-refractivity contribution >= 4 is 11.4 Å². The van der Waals surface area contributed by atoms with E-state index >= 15 is 0 Å². The smallest absolute Gasteiger partial charge is 0.0411 e. The Labute approximate surface area is 124 Å². The lowest BCUT2D eigenvalue weighted by Crippen LogP contribution is -2.62. The van der Waals surface area contributed by atoms with Gasteiger partial charge in [0.2, 0.25) is 0 Å². The third-order valence-electron chi connectivity index (χ3n) is 4.66. The summed E-state index contributed by atoms with van der Waals surface area (Å²) in [6.07, 6.45) is 1.16. The number of nitrogens with one attached hydrogen (secondary N) is 1. The van der Waals surface area contributed by atoms with Gasteiger partial charge in [-0.05, 0) is 44.9 Å². The molecule has 0 amide bonds. The molecule has 0 bridgehead atoms. The van der Waals surface area contributed by atoms with Crippen molar-refractivity contribution in [2.24, 2.45) is 0 Å². The molecule has 0 saturated carbocycles. The van der Waals surface area contributed by atoms with Crippen LogP contribution in [0.25, 0.3) is 0 Å². The van der Waals surface area contributed by atoms with Crippen LogP contribution in [0.4, 0.5) is 11.4 Å². The molecule has 1 saturated heterocycles. The van der Waals surface area contributed by atoms with E-state index in [4.69, 9.17) is 0 Å². The van der Waals surface area contributed by atoms with E-state index in [1.54, 1.807) is 0 Å². The number of piperazine rings is 1. The average molecular weight is 275 g/mol. The van der Waals surface area contributed by atoms with Crippen LogP contribution in [0.1, 0.15) is 32.8 Å². The number of benzene rings is 1. The minimum Gasteiger partial charge on any atom is -0.377 e. The second-order valence-corrected chi connectivity index (χ2v) is 6.64. The Balaban J connectivity index is 2.32. The maximum absolute atomic E-state index is 3.69. The van der Waals surface area contributed by atoms with Crippen LogP contribution >= 0.6 is 0 Å². The highest BCUT2D eigenvalue weighted by Gasteiger charge is 2.32. The molecule has 2 atom stereocenters. The standard InChI is InChI=1S/C17H29N3/c1-7-17(4)12-20(14(3)11-18-17)15-9-8-13(2)16(10-15)19(5)6/h8-10,14,18H,7,11-12H2,1-6H3. The van der Waals surface area contributed by atoms with Crippen LogP contribution in [-0.4, -0.2) is 38.8 Å². The summed E-state index contributed by atoms with van der Waals surface area (Å²) < 4.78 is 0. The number of anilines is 2. The number of rotatable bonds is 3. The number of nitrogens with zero attached hydrogens (tertiary/aromatic N) is 2. The molecule has 1 heterocycles. The fourth-order valence-corrected chi connectivity index (χ4v) is 2.93. The lowest BCUT2D eigenvalue weighted by molar-refractivity contribution is 0.285. The first-order chi connectivity index (χ1) is 9.36. The average Bonchev–Trinajstić information content (AvgIpc) is 2.42. The number of hydrogen-bond donors (Lipinski definition) is 1. The van der Waals surface area contributed by atoms with Gasteiger partial charge >= 0.3 is 0 Å². The zero-order chi connectivity index (χ0) is 14.9. The third kappa shape index (κ3) is 2.93. The molecule has 3 heteroatoms. The molecule has 0 radical (unpaired) electrons. The van der Waals surface area contributed by atoms with Crippen molar-refractivity contribution < 1.29 is 0 Å². The molecule has 1 fully saturated rings. The SMILES string of the molecule is CCC1(C)CN(c2ccc(C)c(N(C)C)c2)C(C)CN1. The van der Waals surface area contributed by atoms with Crippen molar-refractivity contribution in [1.29, 1.82) is 0 Å². The first-order valence-electron chi connectivity index (χ1n) is 7.66. The molecule has 112 valence electrons. The molecule has 2 unspecified atom stereocenters. The van der Waals surface area contributed by atoms with Crippen LogP contribution in [0, 0.1) is 6.92 Å². The predicted molar refractivity (Wildman–Crippen MR) is 89.0 cm³/mol. The van der Waals surface area contributed by atoms with Gasteiger partial charge < -0.3 is 15.1 Å². The molecule has 0 aromatic heterocycles. The van der Waals surface area contributed by atoms with E-state index in [-0.39, 0.29) is 5.54 Å². The van der Waals surface area contributed by atoms with Crippen LogP contribution in [0.15, 0.2) is 18.2 Å². The van der Waals surface area contributed by atoms with Crippen molar-refractivity contribution in [1.82, 2.24) is 5.32 Å². The van der Waals surface area contributed by atoms with Crippen LogP contribution < -0.4 is 15.1 Å². The minimum atomic E-state index is 0.218. The molecule has 1 aliphatic rings. The van der Waals surface area contributed by atoms with Gasteiger partial charge in [0.15, 0.2) is 0 Å². The van der Waals surface area contributed by atoms with Gasteiger partial charge in [-0.15, -0.1) is 0 Å². The monoisotopic (exact) mass is 275 g/mol. The van der Waals surface area contributed by atoms with Gasteiger partial charge in [-0.1, -0.05) is 13.0 Å². The van der Waals surface area contributed by atoms with Gasteiger partial charge in [0.25, 0.3) is 0 Å². The summed E-state index contributed by atoms with van der Waals surface area (Å²) in [4.78, 5) is 4.75. The highest BCUT2D eigenvalue weighted by Crippen LogP contribution is 2.29. The van der Waals surface area contributed by atoms with Crippen molar-refractivity contribution in [2.75, 3.05) is 37.0 Å². The number of aryl methyl sites for hydroxylation is 1. The summed E-state index contributed by atoms with van der Waals surface area (Å²) in [7, 11) is 4.23. The molecule has 20 heavy (non-hydrogen) atoms. The molecule has 1 N–H and O–H groups in total. The van der Waals surface area contributed by atoms with E-state index < -0.39 is 0 Å². The van der Waals surface area contributed by atoms with Crippen molar-refractivity contribution in [3.63, 3.8) is 0 Å². The van der Waals surface area contributed by atoms with Gasteiger partial charge in [0, 0.05) is 50.1 Å². The second kappa shape index (κ2) is 5.65. The van der Waals surface area contributed by atoms with E-state index in [0.29, 0.717) is 6.04 Å². The minimum absolute atomic E-state index is 0.218. The molecule has 1 aromatic rings. The zero-order valence-electron chi connectivity index (χ0n) is 13.8. The molecular weight excluding hydrogens is 246 g/mol. The Morgan fingerprint density at radius 1 is 1.40 bits per heavy atom. The van der Waals surface area contributed by atoms with Gasteiger partial charge in [0.05, 0.1) is 0 Å². The molecule has 1 aromatic carbocycles. The van der Waals surface area contributed by atoms with E-state index in [1.807, 2.05) is 0 Å². The van der Waals surface area contributed by atoms with Gasteiger partial charge in [-0.3, -0.25) is 0 Å². The van der Waals surface area contributed by atoms with Crippen molar-refractivity contribution in [3.05, 3.63) is 23.8 Å². The third-order valence-corrected chi connectivity index (χ3v) is 4.66. The fourth-order valence-electron chi connectivity index (χ4n) is 2.93. The largest absolute Gasteiger partial charge is 0.377 e. The van der Waals surface area contributed by atoms with E-state index in [9.17, 15) is 0 Å². The van der Waals surface area contributed by atoms with E-state index in [2.05, 4.69) is 75.1 Å². The fraction of sp³-hybridized carbons (Fsp3) is 0.647. The summed E-state index contributed by atoms with van der Waals surface area (Å²) in [5.74, 6) is 0. The molecule has 2 rings (SSSR count). The van der Waals surface area contributed by atoms with E-state index in [1.165, 1.54) is 16.9 Å². The van der Waals surface area contributed by atoms with Gasteiger partial charge in [-0.2, -0.15) is 0 Å². The Morgan fingerprint density at radius 3 is 2.70 bits per heavy atom. The summed E-state index contributed by atoms with van der Waals surface area (Å²) in [5.41, 5.74) is 4.20. The molecule has 0 spiro atoms. The Hall–Kier alpha value is -1.22.